The van der Waals surface area contributed by atoms with Crippen molar-refractivity contribution in [1.82, 2.24) is 0 Å². The van der Waals surface area contributed by atoms with Gasteiger partial charge >= 0.3 is 11.9 Å². The van der Waals surface area contributed by atoms with Crippen molar-refractivity contribution in [1.29, 1.82) is 0 Å². The molecule has 0 spiro atoms. The fourth-order valence-electron chi connectivity index (χ4n) is 8.48. The van der Waals surface area contributed by atoms with Crippen LogP contribution >= 0.6 is 11.6 Å². The smallest absolute Gasteiger partial charge is 0.306 e. The second-order valence-corrected chi connectivity index (χ2v) is 13.2. The largest absolute Gasteiger partial charge is 0.457 e. The Morgan fingerprint density at radius 3 is 2.49 bits per heavy atom. The van der Waals surface area contributed by atoms with Gasteiger partial charge in [-0.1, -0.05) is 52.7 Å². The number of hydrogen-bond acceptors (Lipinski definition) is 7. The summed E-state index contributed by atoms with van der Waals surface area (Å²) in [4.78, 5) is 50.5. The summed E-state index contributed by atoms with van der Waals surface area (Å²) >= 11 is 7.54. The Morgan fingerprint density at radius 2 is 1.82 bits per heavy atom. The molecule has 0 aromatic carbocycles. The van der Waals surface area contributed by atoms with Gasteiger partial charge in [-0.2, -0.15) is 0 Å². The molecule has 1 N–H and O–H groups in total. The van der Waals surface area contributed by atoms with Gasteiger partial charge in [-0.3, -0.25) is 19.2 Å². The molecule has 7 nitrogen and oxygen atoms in total. The number of fused-ring (bicyclic) bond motifs is 5. The first-order chi connectivity index (χ1) is 18.3. The summed E-state index contributed by atoms with van der Waals surface area (Å²) in [7, 11) is 0. The van der Waals surface area contributed by atoms with Crippen LogP contribution in [-0.4, -0.2) is 51.8 Å². The molecular formula is C31H43ClO7. The lowest BCUT2D eigenvalue weighted by molar-refractivity contribution is -0.203. The van der Waals surface area contributed by atoms with Crippen LogP contribution < -0.4 is 0 Å². The Hall–Kier alpha value is -1.99. The van der Waals surface area contributed by atoms with E-state index in [2.05, 4.69) is 0 Å². The standard InChI is InChI=1S/C31H43ClO7/c1-6-8-10-27(37)39-31(25(35)18-38-26(36)9-7-2)19(3)15-23-22-12-11-20-16-21(33)13-14-28(20,4)30(22,32)24(34)17-29(23,31)5/h13-14,16,19,22-24,34H,6-12,15,17-18H2,1-5H3/t19-,22+,23+,24+,28+,29+,30+,31+/m1/s1. The Kier molecular flexibility index (Phi) is 8.28. The highest BCUT2D eigenvalue weighted by Gasteiger charge is 2.76. The number of aliphatic hydroxyl groups is 1. The maximum Gasteiger partial charge on any atom is 0.306 e. The molecule has 0 aliphatic heterocycles. The molecular weight excluding hydrogens is 520 g/mol. The third-order valence-electron chi connectivity index (χ3n) is 10.4. The van der Waals surface area contributed by atoms with Crippen LogP contribution in [0, 0.1) is 28.6 Å². The van der Waals surface area contributed by atoms with E-state index in [0.717, 1.165) is 12.0 Å². The predicted octanol–water partition coefficient (Wildman–Crippen LogP) is 5.26. The molecule has 0 unspecified atom stereocenters. The maximum absolute atomic E-state index is 14.1. The van der Waals surface area contributed by atoms with E-state index in [1.807, 2.05) is 40.7 Å². The van der Waals surface area contributed by atoms with Crippen molar-refractivity contribution in [3.05, 3.63) is 23.8 Å². The number of aliphatic hydroxyl groups excluding tert-OH is 1. The monoisotopic (exact) mass is 562 g/mol. The molecule has 0 bridgehead atoms. The number of halogens is 1. The van der Waals surface area contributed by atoms with E-state index in [4.69, 9.17) is 21.1 Å². The van der Waals surface area contributed by atoms with Gasteiger partial charge in [0.05, 0.1) is 11.0 Å². The van der Waals surface area contributed by atoms with Crippen molar-refractivity contribution in [2.75, 3.05) is 6.61 Å². The first-order valence-corrected chi connectivity index (χ1v) is 14.9. The lowest BCUT2D eigenvalue weighted by atomic mass is 9.45. The summed E-state index contributed by atoms with van der Waals surface area (Å²) in [6.07, 6.45) is 8.43. The highest BCUT2D eigenvalue weighted by Crippen LogP contribution is 2.72. The first kappa shape index (κ1) is 30.0. The molecule has 8 atom stereocenters. The summed E-state index contributed by atoms with van der Waals surface area (Å²) in [6.45, 7) is 9.20. The molecule has 3 fully saturated rings. The number of ketones is 2. The van der Waals surface area contributed by atoms with E-state index >= 15 is 0 Å². The van der Waals surface area contributed by atoms with Crippen LogP contribution in [0.2, 0.25) is 0 Å². The van der Waals surface area contributed by atoms with Gasteiger partial charge in [0.25, 0.3) is 0 Å². The fourth-order valence-corrected chi connectivity index (χ4v) is 9.00. The summed E-state index contributed by atoms with van der Waals surface area (Å²) in [5, 5.41) is 11.9. The van der Waals surface area contributed by atoms with Crippen LogP contribution in [0.5, 0.6) is 0 Å². The zero-order chi connectivity index (χ0) is 28.8. The van der Waals surface area contributed by atoms with Gasteiger partial charge in [0.1, 0.15) is 0 Å². The molecule has 0 aromatic heterocycles. The van der Waals surface area contributed by atoms with E-state index in [0.29, 0.717) is 32.1 Å². The lowest BCUT2D eigenvalue weighted by Crippen LogP contribution is -2.69. The summed E-state index contributed by atoms with van der Waals surface area (Å²) in [6, 6.07) is 0. The SMILES string of the molecule is CCCCC(=O)O[C@]1(C(=O)COC(=O)CCC)[C@H](C)C[C@H]2[C@@H]3CCC4=CC(=O)C=C[C@]4(C)[C@@]3(Cl)[C@@H](O)C[C@@]21C. The zero-order valence-electron chi connectivity index (χ0n) is 23.9. The summed E-state index contributed by atoms with van der Waals surface area (Å²) < 4.78 is 11.6. The topological polar surface area (TPSA) is 107 Å². The minimum Gasteiger partial charge on any atom is -0.457 e. The van der Waals surface area contributed by atoms with Crippen LogP contribution in [0.1, 0.15) is 92.4 Å². The van der Waals surface area contributed by atoms with Gasteiger partial charge < -0.3 is 14.6 Å². The van der Waals surface area contributed by atoms with E-state index in [1.165, 1.54) is 6.08 Å². The molecule has 4 aliphatic rings. The molecule has 8 heteroatoms. The van der Waals surface area contributed by atoms with Crippen molar-refractivity contribution >= 4 is 35.1 Å². The number of carbonyl (C=O) groups is 4. The molecule has 39 heavy (non-hydrogen) atoms. The number of hydrogen-bond donors (Lipinski definition) is 1. The molecule has 4 aliphatic carbocycles. The molecule has 0 heterocycles. The number of ether oxygens (including phenoxy) is 2. The van der Waals surface area contributed by atoms with E-state index in [-0.39, 0.29) is 42.8 Å². The molecule has 0 saturated heterocycles. The van der Waals surface area contributed by atoms with Crippen molar-refractivity contribution in [2.45, 2.75) is 109 Å². The first-order valence-electron chi connectivity index (χ1n) is 14.5. The van der Waals surface area contributed by atoms with Crippen molar-refractivity contribution < 1.29 is 33.8 Å². The van der Waals surface area contributed by atoms with E-state index in [9.17, 15) is 24.3 Å². The van der Waals surface area contributed by atoms with E-state index < -0.39 is 51.7 Å². The number of alkyl halides is 1. The molecule has 0 amide bonds. The zero-order valence-corrected chi connectivity index (χ0v) is 24.6. The third kappa shape index (κ3) is 4.43. The predicted molar refractivity (Wildman–Crippen MR) is 147 cm³/mol. The lowest BCUT2D eigenvalue weighted by Gasteiger charge is -2.64. The van der Waals surface area contributed by atoms with Crippen LogP contribution in [-0.2, 0) is 28.7 Å². The fraction of sp³-hybridized carbons (Fsp3) is 0.742. The van der Waals surface area contributed by atoms with Gasteiger partial charge in [0, 0.05) is 29.6 Å². The summed E-state index contributed by atoms with van der Waals surface area (Å²) in [5.74, 6) is -2.12. The van der Waals surface area contributed by atoms with Gasteiger partial charge in [-0.15, -0.1) is 11.6 Å². The number of allylic oxidation sites excluding steroid dienone is 4. The highest BCUT2D eigenvalue weighted by atomic mass is 35.5. The van der Waals surface area contributed by atoms with E-state index in [1.54, 1.807) is 6.08 Å². The highest BCUT2D eigenvalue weighted by molar-refractivity contribution is 6.26. The van der Waals surface area contributed by atoms with Gasteiger partial charge in [0.15, 0.2) is 18.0 Å². The molecule has 0 radical (unpaired) electrons. The van der Waals surface area contributed by atoms with Crippen LogP contribution in [0.4, 0.5) is 0 Å². The quantitative estimate of drug-likeness (QED) is 0.302. The molecule has 3 saturated carbocycles. The van der Waals surface area contributed by atoms with Crippen LogP contribution in [0.15, 0.2) is 23.8 Å². The number of Topliss-reactive ketones (excluding diaryl/α,β-unsaturated/α-hetero) is 1. The number of unbranched alkanes of at least 4 members (excludes halogenated alkanes) is 1. The number of carbonyl (C=O) groups excluding carboxylic acids is 4. The Bertz CT molecular complexity index is 1100. The van der Waals surface area contributed by atoms with Gasteiger partial charge in [-0.05, 0) is 62.5 Å². The van der Waals surface area contributed by atoms with Crippen molar-refractivity contribution in [3.63, 3.8) is 0 Å². The average molecular weight is 563 g/mol. The van der Waals surface area contributed by atoms with Crippen LogP contribution in [0.25, 0.3) is 0 Å². The number of esters is 2. The Labute approximate surface area is 236 Å². The third-order valence-corrected chi connectivity index (χ3v) is 11.3. The normalized spacial score (nSPS) is 40.7. The summed E-state index contributed by atoms with van der Waals surface area (Å²) in [5.41, 5.74) is -2.27. The second-order valence-electron chi connectivity index (χ2n) is 12.5. The number of rotatable bonds is 9. The maximum atomic E-state index is 14.1. The minimum atomic E-state index is -1.55. The Balaban J connectivity index is 1.76. The van der Waals surface area contributed by atoms with Crippen molar-refractivity contribution in [3.8, 4) is 0 Å². The Morgan fingerprint density at radius 1 is 1.10 bits per heavy atom. The van der Waals surface area contributed by atoms with Gasteiger partial charge in [-0.25, -0.2) is 0 Å². The second kappa shape index (κ2) is 10.8. The van der Waals surface area contributed by atoms with Crippen molar-refractivity contribution in [2.24, 2.45) is 28.6 Å². The average Bonchev–Trinajstić information content (AvgIpc) is 3.09. The molecule has 4 rings (SSSR count). The molecule has 0 aromatic rings. The minimum absolute atomic E-state index is 0.0768. The van der Waals surface area contributed by atoms with Gasteiger partial charge in [0.2, 0.25) is 5.78 Å². The van der Waals surface area contributed by atoms with Crippen LogP contribution in [0.3, 0.4) is 0 Å². The molecule has 216 valence electrons.